The van der Waals surface area contributed by atoms with Gasteiger partial charge in [0.05, 0.1) is 0 Å². The molecule has 7 heteroatoms. The molecule has 1 amide bonds. The third kappa shape index (κ3) is 3.19. The van der Waals surface area contributed by atoms with Crippen LogP contribution in [0, 0.1) is 11.8 Å². The summed E-state index contributed by atoms with van der Waals surface area (Å²) in [7, 11) is 0. The molecule has 0 radical (unpaired) electrons. The van der Waals surface area contributed by atoms with Crippen molar-refractivity contribution in [3.8, 4) is 11.8 Å². The predicted molar refractivity (Wildman–Crippen MR) is 88.1 cm³/mol. The van der Waals surface area contributed by atoms with E-state index in [4.69, 9.17) is 4.74 Å². The van der Waals surface area contributed by atoms with Gasteiger partial charge in [0.2, 0.25) is 5.82 Å². The van der Waals surface area contributed by atoms with E-state index in [1.165, 1.54) is 0 Å². The van der Waals surface area contributed by atoms with Crippen molar-refractivity contribution in [2.75, 3.05) is 0 Å². The Morgan fingerprint density at radius 3 is 2.60 bits per heavy atom. The van der Waals surface area contributed by atoms with Crippen molar-refractivity contribution >= 4 is 6.09 Å². The molecule has 0 spiro atoms. The molecule has 0 bridgehead atoms. The Hall–Kier alpha value is -3.66. The summed E-state index contributed by atoms with van der Waals surface area (Å²) in [5.41, 5.74) is 2.64. The van der Waals surface area contributed by atoms with E-state index in [1.54, 1.807) is 0 Å². The molecule has 1 fully saturated rings. The van der Waals surface area contributed by atoms with E-state index in [0.29, 0.717) is 5.82 Å². The van der Waals surface area contributed by atoms with Crippen LogP contribution in [0.15, 0.2) is 54.6 Å². The molecule has 122 valence electrons. The molecule has 2 atom stereocenters. The Labute approximate surface area is 143 Å². The summed E-state index contributed by atoms with van der Waals surface area (Å²) in [6.07, 6.45) is -1.15. The van der Waals surface area contributed by atoms with Gasteiger partial charge in [0.25, 0.3) is 0 Å². The minimum absolute atomic E-state index is 0.323. The largest absolute Gasteiger partial charge is 0.435 e. The number of benzene rings is 2. The maximum Gasteiger partial charge on any atom is 0.408 e. The van der Waals surface area contributed by atoms with Crippen LogP contribution in [0.3, 0.4) is 0 Å². The lowest BCUT2D eigenvalue weighted by Gasteiger charge is -2.14. The van der Waals surface area contributed by atoms with Gasteiger partial charge in [-0.15, -0.1) is 10.2 Å². The van der Waals surface area contributed by atoms with E-state index in [2.05, 4.69) is 37.8 Å². The highest BCUT2D eigenvalue weighted by atomic mass is 16.6. The van der Waals surface area contributed by atoms with Crippen LogP contribution in [0.25, 0.3) is 0 Å². The highest BCUT2D eigenvalue weighted by molar-refractivity contribution is 5.71. The van der Waals surface area contributed by atoms with Crippen molar-refractivity contribution in [1.82, 2.24) is 25.9 Å². The summed E-state index contributed by atoms with van der Waals surface area (Å²) in [5.74, 6) is 6.57. The van der Waals surface area contributed by atoms with Crippen molar-refractivity contribution < 1.29 is 9.53 Å². The number of amides is 1. The first-order valence-electron chi connectivity index (χ1n) is 7.67. The molecule has 2 heterocycles. The van der Waals surface area contributed by atoms with Gasteiger partial charge in [-0.2, -0.15) is 5.21 Å². The zero-order valence-electron chi connectivity index (χ0n) is 13.0. The van der Waals surface area contributed by atoms with Gasteiger partial charge in [-0.25, -0.2) is 4.79 Å². The summed E-state index contributed by atoms with van der Waals surface area (Å²) < 4.78 is 5.27. The van der Waals surface area contributed by atoms with Gasteiger partial charge in [-0.1, -0.05) is 47.4 Å². The van der Waals surface area contributed by atoms with E-state index in [9.17, 15) is 4.79 Å². The zero-order valence-corrected chi connectivity index (χ0v) is 13.0. The maximum atomic E-state index is 11.7. The van der Waals surface area contributed by atoms with Crippen LogP contribution in [0.5, 0.6) is 0 Å². The van der Waals surface area contributed by atoms with Crippen LogP contribution in [0.1, 0.15) is 34.7 Å². The first-order valence-corrected chi connectivity index (χ1v) is 7.67. The van der Waals surface area contributed by atoms with Crippen LogP contribution in [-0.4, -0.2) is 26.7 Å². The molecule has 1 aliphatic rings. The number of aromatic nitrogens is 4. The van der Waals surface area contributed by atoms with Crippen molar-refractivity contribution in [3.05, 3.63) is 77.1 Å². The minimum Gasteiger partial charge on any atom is -0.435 e. The lowest BCUT2D eigenvalue weighted by atomic mass is 9.99. The van der Waals surface area contributed by atoms with Crippen LogP contribution in [-0.2, 0) is 4.74 Å². The third-order valence-electron chi connectivity index (χ3n) is 3.80. The number of rotatable bonds is 2. The average Bonchev–Trinajstić information content (AvgIpc) is 3.30. The van der Waals surface area contributed by atoms with E-state index < -0.39 is 18.2 Å². The fraction of sp³-hybridized carbons (Fsp3) is 0.111. The molecular formula is C18H13N5O2. The van der Waals surface area contributed by atoms with Gasteiger partial charge in [-0.3, -0.25) is 0 Å². The molecule has 1 saturated heterocycles. The SMILES string of the molecule is O=C1NC(c2cccc(C#Cc3ccccc3)c2)C(c2nn[nH]n2)O1. The zero-order chi connectivity index (χ0) is 17.1. The number of aromatic amines is 1. The second-order valence-corrected chi connectivity index (χ2v) is 5.46. The number of carbonyl (C=O) groups is 1. The Kier molecular flexibility index (Phi) is 3.85. The van der Waals surface area contributed by atoms with Crippen LogP contribution < -0.4 is 5.32 Å². The number of H-pyrrole nitrogens is 1. The highest BCUT2D eigenvalue weighted by Crippen LogP contribution is 2.34. The minimum atomic E-state index is -0.636. The molecule has 1 aromatic heterocycles. The third-order valence-corrected chi connectivity index (χ3v) is 3.80. The number of carbonyl (C=O) groups excluding carboxylic acids is 1. The highest BCUT2D eigenvalue weighted by Gasteiger charge is 2.39. The fourth-order valence-electron chi connectivity index (χ4n) is 2.65. The Balaban J connectivity index is 1.63. The average molecular weight is 331 g/mol. The van der Waals surface area contributed by atoms with E-state index in [-0.39, 0.29) is 0 Å². The van der Waals surface area contributed by atoms with Crippen LogP contribution in [0.4, 0.5) is 4.79 Å². The van der Waals surface area contributed by atoms with Gasteiger partial charge < -0.3 is 10.1 Å². The normalized spacial score (nSPS) is 18.8. The summed E-state index contributed by atoms with van der Waals surface area (Å²) >= 11 is 0. The standard InChI is InChI=1S/C18H13N5O2/c24-18-19-15(16(25-18)17-20-22-23-21-17)14-8-4-7-13(11-14)10-9-12-5-2-1-3-6-12/h1-8,11,15-16H,(H,19,24)(H,20,21,22,23). The van der Waals surface area contributed by atoms with Crippen molar-refractivity contribution in [3.63, 3.8) is 0 Å². The monoisotopic (exact) mass is 331 g/mol. The topological polar surface area (TPSA) is 92.8 Å². The molecule has 2 unspecified atom stereocenters. The Morgan fingerprint density at radius 1 is 1.00 bits per heavy atom. The smallest absolute Gasteiger partial charge is 0.408 e. The van der Waals surface area contributed by atoms with E-state index in [1.807, 2.05) is 54.6 Å². The molecule has 2 N–H and O–H groups in total. The molecule has 0 aliphatic carbocycles. The number of nitrogens with zero attached hydrogens (tertiary/aromatic N) is 3. The Morgan fingerprint density at radius 2 is 1.80 bits per heavy atom. The van der Waals surface area contributed by atoms with Gasteiger partial charge in [0.15, 0.2) is 6.10 Å². The summed E-state index contributed by atoms with van der Waals surface area (Å²) in [6.45, 7) is 0. The molecule has 0 saturated carbocycles. The number of ether oxygens (including phenoxy) is 1. The first kappa shape index (κ1) is 14.9. The van der Waals surface area contributed by atoms with Crippen LogP contribution >= 0.6 is 0 Å². The molecule has 2 aromatic carbocycles. The van der Waals surface area contributed by atoms with Gasteiger partial charge in [-0.05, 0) is 29.8 Å². The maximum absolute atomic E-state index is 11.7. The number of hydrogen-bond donors (Lipinski definition) is 2. The first-order chi connectivity index (χ1) is 12.3. The van der Waals surface area contributed by atoms with E-state index >= 15 is 0 Å². The van der Waals surface area contributed by atoms with Gasteiger partial charge >= 0.3 is 6.09 Å². The second kappa shape index (κ2) is 6.45. The van der Waals surface area contributed by atoms with Gasteiger partial charge in [0.1, 0.15) is 6.04 Å². The quantitative estimate of drug-likeness (QED) is 0.702. The summed E-state index contributed by atoms with van der Waals surface area (Å²) in [4.78, 5) is 11.7. The van der Waals surface area contributed by atoms with Gasteiger partial charge in [0, 0.05) is 11.1 Å². The van der Waals surface area contributed by atoms with Crippen molar-refractivity contribution in [2.24, 2.45) is 0 Å². The fourth-order valence-corrected chi connectivity index (χ4v) is 2.65. The molecule has 4 rings (SSSR count). The molecule has 7 nitrogen and oxygen atoms in total. The van der Waals surface area contributed by atoms with Crippen molar-refractivity contribution in [2.45, 2.75) is 12.1 Å². The molecule has 3 aromatic rings. The summed E-state index contributed by atoms with van der Waals surface area (Å²) in [6, 6.07) is 17.0. The molecule has 1 aliphatic heterocycles. The lowest BCUT2D eigenvalue weighted by molar-refractivity contribution is 0.127. The second-order valence-electron chi connectivity index (χ2n) is 5.46. The molecule has 25 heavy (non-hydrogen) atoms. The number of tetrazole rings is 1. The number of nitrogens with one attached hydrogen (secondary N) is 2. The Bertz CT molecular complexity index is 944. The van der Waals surface area contributed by atoms with Crippen LogP contribution in [0.2, 0.25) is 0 Å². The predicted octanol–water partition coefficient (Wildman–Crippen LogP) is 2.12. The van der Waals surface area contributed by atoms with E-state index in [0.717, 1.165) is 16.7 Å². The number of cyclic esters (lactones) is 1. The number of hydrogen-bond acceptors (Lipinski definition) is 5. The molecular weight excluding hydrogens is 318 g/mol. The summed E-state index contributed by atoms with van der Waals surface area (Å²) in [5, 5.41) is 16.5. The lowest BCUT2D eigenvalue weighted by Crippen LogP contribution is -2.20. The number of alkyl carbamates (subject to hydrolysis) is 1. The van der Waals surface area contributed by atoms with Crippen molar-refractivity contribution in [1.29, 1.82) is 0 Å².